The van der Waals surface area contributed by atoms with Crippen LogP contribution in [0.15, 0.2) is 12.7 Å². The Morgan fingerprint density at radius 3 is 2.25 bits per heavy atom. The predicted octanol–water partition coefficient (Wildman–Crippen LogP) is 4.25. The molecule has 0 heterocycles. The topological polar surface area (TPSA) is 12.0 Å². The molecule has 0 aromatic carbocycles. The van der Waals surface area contributed by atoms with Gasteiger partial charge >= 0.3 is 0 Å². The third-order valence-electron chi connectivity index (χ3n) is 3.10. The van der Waals surface area contributed by atoms with Crippen LogP contribution in [0.5, 0.6) is 0 Å². The molecule has 96 valence electrons. The van der Waals surface area contributed by atoms with Gasteiger partial charge in [-0.2, -0.15) is 0 Å². The minimum Gasteiger partial charge on any atom is -0.316 e. The lowest BCUT2D eigenvalue weighted by atomic mass is 9.84. The quantitative estimate of drug-likeness (QED) is 0.578. The molecule has 0 aliphatic carbocycles. The molecule has 16 heavy (non-hydrogen) atoms. The van der Waals surface area contributed by atoms with Crippen molar-refractivity contribution in [3.63, 3.8) is 0 Å². The van der Waals surface area contributed by atoms with Crippen molar-refractivity contribution in [2.45, 2.75) is 53.9 Å². The summed E-state index contributed by atoms with van der Waals surface area (Å²) >= 11 is 0. The van der Waals surface area contributed by atoms with Crippen LogP contribution in [0.1, 0.15) is 53.9 Å². The Morgan fingerprint density at radius 1 is 1.19 bits per heavy atom. The molecule has 0 aromatic rings. The third-order valence-corrected chi connectivity index (χ3v) is 3.10. The average Bonchev–Trinajstić information content (AvgIpc) is 2.16. The molecule has 0 aromatic heterocycles. The molecule has 0 amide bonds. The van der Waals surface area contributed by atoms with E-state index in [2.05, 4.69) is 52.6 Å². The molecule has 0 aliphatic rings. The summed E-state index contributed by atoms with van der Waals surface area (Å²) in [4.78, 5) is 0. The SMILES string of the molecule is C=CC(C)(CCCC(C)C)CNCC(C)C. The molecule has 0 bridgehead atoms. The summed E-state index contributed by atoms with van der Waals surface area (Å²) in [5.41, 5.74) is 0.268. The Hall–Kier alpha value is -0.300. The monoisotopic (exact) mass is 225 g/mol. The summed E-state index contributed by atoms with van der Waals surface area (Å²) < 4.78 is 0. The standard InChI is InChI=1S/C15H31N/c1-7-15(6,10-8-9-13(2)3)12-16-11-14(4)5/h7,13-14,16H,1,8-12H2,2-6H3. The molecule has 0 spiro atoms. The van der Waals surface area contributed by atoms with Crippen LogP contribution < -0.4 is 5.32 Å². The van der Waals surface area contributed by atoms with Gasteiger partial charge in [-0.25, -0.2) is 0 Å². The molecule has 0 fully saturated rings. The van der Waals surface area contributed by atoms with Crippen LogP contribution in [-0.2, 0) is 0 Å². The molecule has 1 N–H and O–H groups in total. The van der Waals surface area contributed by atoms with Crippen molar-refractivity contribution in [1.29, 1.82) is 0 Å². The van der Waals surface area contributed by atoms with E-state index in [1.807, 2.05) is 0 Å². The van der Waals surface area contributed by atoms with Gasteiger partial charge in [-0.1, -0.05) is 53.5 Å². The summed E-state index contributed by atoms with van der Waals surface area (Å²) in [5, 5.41) is 3.54. The van der Waals surface area contributed by atoms with Crippen LogP contribution in [0.2, 0.25) is 0 Å². The fourth-order valence-electron chi connectivity index (χ4n) is 1.82. The molecule has 1 atom stereocenters. The van der Waals surface area contributed by atoms with Crippen molar-refractivity contribution < 1.29 is 0 Å². The van der Waals surface area contributed by atoms with Crippen LogP contribution in [-0.4, -0.2) is 13.1 Å². The van der Waals surface area contributed by atoms with E-state index >= 15 is 0 Å². The van der Waals surface area contributed by atoms with Crippen molar-refractivity contribution in [2.75, 3.05) is 13.1 Å². The molecule has 1 heteroatoms. The van der Waals surface area contributed by atoms with Gasteiger partial charge in [0.15, 0.2) is 0 Å². The first-order valence-electron chi connectivity index (χ1n) is 6.74. The van der Waals surface area contributed by atoms with Gasteiger partial charge in [0.05, 0.1) is 0 Å². The Kier molecular flexibility index (Phi) is 7.74. The van der Waals surface area contributed by atoms with Crippen molar-refractivity contribution in [3.8, 4) is 0 Å². The number of rotatable bonds is 9. The third kappa shape index (κ3) is 7.92. The maximum atomic E-state index is 3.99. The summed E-state index contributed by atoms with van der Waals surface area (Å²) in [6, 6.07) is 0. The second-order valence-corrected chi connectivity index (χ2v) is 6.17. The van der Waals surface area contributed by atoms with Gasteiger partial charge in [-0.15, -0.1) is 6.58 Å². The van der Waals surface area contributed by atoms with Crippen LogP contribution in [0, 0.1) is 17.3 Å². The Balaban J connectivity index is 3.86. The smallest absolute Gasteiger partial charge is 0.00399 e. The van der Waals surface area contributed by atoms with Crippen molar-refractivity contribution in [1.82, 2.24) is 5.32 Å². The Morgan fingerprint density at radius 2 is 1.81 bits per heavy atom. The predicted molar refractivity (Wildman–Crippen MR) is 74.7 cm³/mol. The molecular formula is C15H31N. The average molecular weight is 225 g/mol. The number of hydrogen-bond acceptors (Lipinski definition) is 1. The second-order valence-electron chi connectivity index (χ2n) is 6.17. The molecule has 1 unspecified atom stereocenters. The zero-order valence-electron chi connectivity index (χ0n) is 12.0. The van der Waals surface area contributed by atoms with E-state index in [1.165, 1.54) is 19.3 Å². The van der Waals surface area contributed by atoms with Crippen LogP contribution >= 0.6 is 0 Å². The second kappa shape index (κ2) is 7.89. The Bertz CT molecular complexity index is 168. The first-order valence-corrected chi connectivity index (χ1v) is 6.74. The Labute approximate surface area is 103 Å². The molecule has 0 saturated carbocycles. The largest absolute Gasteiger partial charge is 0.316 e. The van der Waals surface area contributed by atoms with Crippen LogP contribution in [0.3, 0.4) is 0 Å². The van der Waals surface area contributed by atoms with E-state index in [4.69, 9.17) is 0 Å². The lowest BCUT2D eigenvalue weighted by Gasteiger charge is -2.27. The van der Waals surface area contributed by atoms with E-state index in [-0.39, 0.29) is 5.41 Å². The molecule has 0 rings (SSSR count). The normalized spacial score (nSPS) is 15.4. The lowest BCUT2D eigenvalue weighted by Crippen LogP contribution is -2.32. The van der Waals surface area contributed by atoms with E-state index in [9.17, 15) is 0 Å². The first kappa shape index (κ1) is 15.7. The van der Waals surface area contributed by atoms with Crippen molar-refractivity contribution in [3.05, 3.63) is 12.7 Å². The molecule has 1 nitrogen and oxygen atoms in total. The maximum absolute atomic E-state index is 3.99. The van der Waals surface area contributed by atoms with Gasteiger partial charge < -0.3 is 5.32 Å². The highest BCUT2D eigenvalue weighted by Crippen LogP contribution is 2.25. The first-order chi connectivity index (χ1) is 7.39. The van der Waals surface area contributed by atoms with Gasteiger partial charge in [0, 0.05) is 6.54 Å². The summed E-state index contributed by atoms with van der Waals surface area (Å²) in [6.07, 6.45) is 6.01. The van der Waals surface area contributed by atoms with E-state index in [0.29, 0.717) is 0 Å². The van der Waals surface area contributed by atoms with Gasteiger partial charge in [0.2, 0.25) is 0 Å². The number of nitrogens with one attached hydrogen (secondary N) is 1. The minimum absolute atomic E-state index is 0.268. The zero-order valence-corrected chi connectivity index (χ0v) is 12.0. The zero-order chi connectivity index (χ0) is 12.6. The van der Waals surface area contributed by atoms with Gasteiger partial charge in [-0.05, 0) is 30.2 Å². The summed E-state index contributed by atoms with van der Waals surface area (Å²) in [7, 11) is 0. The van der Waals surface area contributed by atoms with Gasteiger partial charge in [0.25, 0.3) is 0 Å². The highest BCUT2D eigenvalue weighted by atomic mass is 14.9. The van der Waals surface area contributed by atoms with Gasteiger partial charge in [0.1, 0.15) is 0 Å². The van der Waals surface area contributed by atoms with E-state index in [0.717, 1.165) is 24.9 Å². The fourth-order valence-corrected chi connectivity index (χ4v) is 1.82. The van der Waals surface area contributed by atoms with Crippen LogP contribution in [0.4, 0.5) is 0 Å². The van der Waals surface area contributed by atoms with Gasteiger partial charge in [-0.3, -0.25) is 0 Å². The summed E-state index contributed by atoms with van der Waals surface area (Å²) in [6.45, 7) is 17.6. The molecule has 0 radical (unpaired) electrons. The van der Waals surface area contributed by atoms with Crippen LogP contribution in [0.25, 0.3) is 0 Å². The lowest BCUT2D eigenvalue weighted by molar-refractivity contribution is 0.333. The molecular weight excluding hydrogens is 194 g/mol. The maximum Gasteiger partial charge on any atom is 0.00399 e. The molecule has 0 aliphatic heterocycles. The number of hydrogen-bond donors (Lipinski definition) is 1. The van der Waals surface area contributed by atoms with Crippen molar-refractivity contribution >= 4 is 0 Å². The summed E-state index contributed by atoms with van der Waals surface area (Å²) in [5.74, 6) is 1.54. The molecule has 0 saturated heterocycles. The van der Waals surface area contributed by atoms with E-state index in [1.54, 1.807) is 0 Å². The van der Waals surface area contributed by atoms with Crippen molar-refractivity contribution in [2.24, 2.45) is 17.3 Å². The highest BCUT2D eigenvalue weighted by molar-refractivity contribution is 4.93. The highest BCUT2D eigenvalue weighted by Gasteiger charge is 2.19. The van der Waals surface area contributed by atoms with E-state index < -0.39 is 0 Å². The fraction of sp³-hybridized carbons (Fsp3) is 0.867. The minimum atomic E-state index is 0.268.